The molecular weight excluding hydrogens is 961 g/mol. The van der Waals surface area contributed by atoms with Gasteiger partial charge in [0.2, 0.25) is 0 Å². The molecule has 0 amide bonds. The van der Waals surface area contributed by atoms with Crippen LogP contribution in [0.2, 0.25) is 0 Å². The predicted octanol–water partition coefficient (Wildman–Crippen LogP) is 9.77. The molecule has 2 fully saturated rings. The summed E-state index contributed by atoms with van der Waals surface area (Å²) in [6.07, 6.45) is 32.3. The van der Waals surface area contributed by atoms with Crippen molar-refractivity contribution in [1.82, 2.24) is 9.55 Å². The Labute approximate surface area is 421 Å². The van der Waals surface area contributed by atoms with Gasteiger partial charge in [0.1, 0.15) is 30.7 Å². The highest BCUT2D eigenvalue weighted by molar-refractivity contribution is 7.61. The molecule has 0 aliphatic carbocycles. The SMILES string of the molecule is CCCCC/C=C\C/C=C\C/C=C\CC1OC1CCCC(=O)OC[C@H](COP(=O)(O)OP(=O)(O)OC[C@H]1O[C@@H](n2ccc(N)nc2=O)[C@H](O)[C@@H]1O)OC(=O)CCCCCCCCCCCCCCCCC. The molecule has 3 rings (SSSR count). The molecule has 0 saturated carbocycles. The van der Waals surface area contributed by atoms with Crippen molar-refractivity contribution >= 4 is 33.4 Å². The van der Waals surface area contributed by atoms with Crippen LogP contribution >= 0.6 is 15.6 Å². The normalized spacial score (nSPS) is 22.3. The first-order valence-electron chi connectivity index (χ1n) is 26.1. The van der Waals surface area contributed by atoms with E-state index in [2.05, 4.69) is 59.6 Å². The molecule has 1 aromatic rings. The van der Waals surface area contributed by atoms with E-state index >= 15 is 0 Å². The number of aliphatic hydroxyl groups is 2. The third-order valence-corrected chi connectivity index (χ3v) is 14.8. The fourth-order valence-electron chi connectivity index (χ4n) is 7.99. The van der Waals surface area contributed by atoms with Crippen molar-refractivity contribution in [2.75, 3.05) is 25.6 Å². The van der Waals surface area contributed by atoms with Crippen LogP contribution in [0.4, 0.5) is 5.82 Å². The van der Waals surface area contributed by atoms with Crippen molar-refractivity contribution in [3.05, 3.63) is 59.2 Å². The van der Waals surface area contributed by atoms with E-state index in [4.69, 9.17) is 33.7 Å². The van der Waals surface area contributed by atoms with Crippen molar-refractivity contribution in [3.63, 3.8) is 0 Å². The number of phosphoric ester groups is 2. The number of nitrogen functional groups attached to an aromatic ring is 1. The number of aliphatic hydroxyl groups excluding tert-OH is 2. The number of anilines is 1. The number of carbonyl (C=O) groups is 2. The van der Waals surface area contributed by atoms with Gasteiger partial charge >= 0.3 is 33.3 Å². The van der Waals surface area contributed by atoms with Crippen LogP contribution in [0.1, 0.15) is 187 Å². The van der Waals surface area contributed by atoms with E-state index in [0.717, 1.165) is 62.1 Å². The van der Waals surface area contributed by atoms with E-state index in [1.165, 1.54) is 89.5 Å². The first-order chi connectivity index (χ1) is 34.1. The minimum absolute atomic E-state index is 0.0327. The topological polar surface area (TPSA) is 278 Å². The van der Waals surface area contributed by atoms with E-state index in [1.807, 2.05) is 0 Å². The lowest BCUT2D eigenvalue weighted by Gasteiger charge is -2.21. The summed E-state index contributed by atoms with van der Waals surface area (Å²) < 4.78 is 62.6. The van der Waals surface area contributed by atoms with Crippen molar-refractivity contribution in [2.24, 2.45) is 0 Å². The highest BCUT2D eigenvalue weighted by atomic mass is 31.3. The maximum atomic E-state index is 12.9. The minimum Gasteiger partial charge on any atom is -0.462 e. The third kappa shape index (κ3) is 28.3. The molecule has 0 bridgehead atoms. The molecule has 4 unspecified atom stereocenters. The van der Waals surface area contributed by atoms with E-state index in [1.54, 1.807) is 0 Å². The number of nitrogens with two attached hydrogens (primary N) is 1. The van der Waals surface area contributed by atoms with Crippen LogP contribution in [0.5, 0.6) is 0 Å². The molecule has 1 aromatic heterocycles. The van der Waals surface area contributed by atoms with Crippen molar-refractivity contribution < 1.29 is 71.0 Å². The van der Waals surface area contributed by atoms with Crippen LogP contribution in [-0.4, -0.2) is 97.9 Å². The second-order valence-corrected chi connectivity index (χ2v) is 21.5. The highest BCUT2D eigenvalue weighted by Gasteiger charge is 2.46. The highest BCUT2D eigenvalue weighted by Crippen LogP contribution is 2.60. The lowest BCUT2D eigenvalue weighted by Crippen LogP contribution is -2.36. The van der Waals surface area contributed by atoms with E-state index < -0.39 is 83.7 Å². The maximum Gasteiger partial charge on any atom is 0.481 e. The summed E-state index contributed by atoms with van der Waals surface area (Å²) in [6, 6.07) is 1.25. The van der Waals surface area contributed by atoms with Crippen LogP contribution in [-0.2, 0) is 51.0 Å². The summed E-state index contributed by atoms with van der Waals surface area (Å²) >= 11 is 0. The van der Waals surface area contributed by atoms with Gasteiger partial charge in [-0.2, -0.15) is 9.29 Å². The molecule has 21 heteroatoms. The van der Waals surface area contributed by atoms with Gasteiger partial charge in [-0.1, -0.05) is 153 Å². The Bertz CT molecular complexity index is 1900. The summed E-state index contributed by atoms with van der Waals surface area (Å²) in [5, 5.41) is 20.9. The van der Waals surface area contributed by atoms with Crippen LogP contribution < -0.4 is 11.4 Å². The molecule has 0 radical (unpaired) electrons. The van der Waals surface area contributed by atoms with Crippen molar-refractivity contribution in [2.45, 2.75) is 224 Å². The van der Waals surface area contributed by atoms with Gasteiger partial charge in [-0.05, 0) is 57.4 Å². The minimum atomic E-state index is -5.44. The number of allylic oxidation sites excluding steroid dienone is 5. The summed E-state index contributed by atoms with van der Waals surface area (Å²) in [7, 11) is -10.9. The number of hydrogen-bond acceptors (Lipinski definition) is 16. The fourth-order valence-corrected chi connectivity index (χ4v) is 10.1. The quantitative estimate of drug-likeness (QED) is 0.0134. The first kappa shape index (κ1) is 62.2. The largest absolute Gasteiger partial charge is 0.481 e. The Morgan fingerprint density at radius 2 is 1.27 bits per heavy atom. The second kappa shape index (κ2) is 36.0. The van der Waals surface area contributed by atoms with Crippen molar-refractivity contribution in [3.8, 4) is 0 Å². The Kier molecular flexibility index (Phi) is 31.5. The Hall–Kier alpha value is -3.06. The van der Waals surface area contributed by atoms with E-state index in [9.17, 15) is 43.5 Å². The first-order valence-corrected chi connectivity index (χ1v) is 29.1. The molecule has 2 saturated heterocycles. The number of aromatic nitrogens is 2. The number of esters is 2. The van der Waals surface area contributed by atoms with Gasteiger partial charge < -0.3 is 44.7 Å². The number of hydrogen-bond donors (Lipinski definition) is 5. The standard InChI is InChI=1S/C50H85N3O16P2/c1-3-5-7-9-11-13-15-17-18-19-21-23-25-27-29-33-46(55)66-40(37-63-45(54)34-30-32-42-41(67-42)31-28-26-24-22-20-16-14-12-10-8-6-4-2)38-64-70(59,60)69-71(61,62)65-39-43-47(56)48(57)49(68-43)53-36-35-44(51)52-50(53)58/h12,14,20,22,26,28,35-36,40-43,47-49,56-57H,3-11,13,15-19,21,23-25,27,29-34,37-39H2,1-2H3,(H,59,60)(H,61,62)(H2,51,52,58)/b14-12-,22-20-,28-26-/t40-,41?,42?,43-,47-,48-,49-/m1/s1. The van der Waals surface area contributed by atoms with E-state index in [-0.39, 0.29) is 30.9 Å². The van der Waals surface area contributed by atoms with Gasteiger partial charge in [-0.3, -0.25) is 23.2 Å². The smallest absolute Gasteiger partial charge is 0.462 e. The molecule has 6 N–H and O–H groups in total. The zero-order chi connectivity index (χ0) is 51.7. The van der Waals surface area contributed by atoms with Gasteiger partial charge in [0.25, 0.3) is 0 Å². The molecule has 3 heterocycles. The summed E-state index contributed by atoms with van der Waals surface area (Å²) in [4.78, 5) is 62.1. The molecule has 9 atom stereocenters. The number of ether oxygens (including phenoxy) is 4. The fraction of sp³-hybridized carbons (Fsp3) is 0.760. The summed E-state index contributed by atoms with van der Waals surface area (Å²) in [5.74, 6) is -1.37. The number of rotatable bonds is 42. The van der Waals surface area contributed by atoms with Gasteiger partial charge in [-0.15, -0.1) is 0 Å². The molecule has 2 aliphatic heterocycles. The van der Waals surface area contributed by atoms with Crippen LogP contribution in [0.15, 0.2) is 53.5 Å². The van der Waals surface area contributed by atoms with E-state index in [0.29, 0.717) is 19.3 Å². The average molecular weight is 1050 g/mol. The maximum absolute atomic E-state index is 12.9. The zero-order valence-corrected chi connectivity index (χ0v) is 44.0. The Morgan fingerprint density at radius 1 is 0.704 bits per heavy atom. The lowest BCUT2D eigenvalue weighted by atomic mass is 10.0. The number of epoxide rings is 1. The number of carbonyl (C=O) groups excluding carboxylic acids is 2. The molecular formula is C50H85N3O16P2. The number of phosphoric acid groups is 2. The molecule has 71 heavy (non-hydrogen) atoms. The number of nitrogens with zero attached hydrogens (tertiary/aromatic N) is 2. The van der Waals surface area contributed by atoms with Crippen LogP contribution in [0, 0.1) is 0 Å². The second-order valence-electron chi connectivity index (χ2n) is 18.4. The van der Waals surface area contributed by atoms with Gasteiger partial charge in [0, 0.05) is 19.0 Å². The summed E-state index contributed by atoms with van der Waals surface area (Å²) in [6.45, 7) is 2.07. The lowest BCUT2D eigenvalue weighted by molar-refractivity contribution is -0.161. The molecule has 2 aliphatic rings. The Morgan fingerprint density at radius 3 is 1.90 bits per heavy atom. The van der Waals surface area contributed by atoms with Gasteiger partial charge in [0.05, 0.1) is 25.4 Å². The molecule has 0 spiro atoms. The van der Waals surface area contributed by atoms with Crippen LogP contribution in [0.25, 0.3) is 0 Å². The number of unbranched alkanes of at least 4 members (excludes halogenated alkanes) is 17. The van der Waals surface area contributed by atoms with Crippen molar-refractivity contribution in [1.29, 1.82) is 0 Å². The zero-order valence-electron chi connectivity index (χ0n) is 42.2. The predicted molar refractivity (Wildman–Crippen MR) is 270 cm³/mol. The van der Waals surface area contributed by atoms with Crippen LogP contribution in [0.3, 0.4) is 0 Å². The Balaban J connectivity index is 1.41. The molecule has 406 valence electrons. The molecule has 0 aromatic carbocycles. The monoisotopic (exact) mass is 1050 g/mol. The molecule has 19 nitrogen and oxygen atoms in total. The average Bonchev–Trinajstić information content (AvgIpc) is 4.01. The van der Waals surface area contributed by atoms with Gasteiger partial charge in [-0.25, -0.2) is 13.9 Å². The summed E-state index contributed by atoms with van der Waals surface area (Å²) in [5.41, 5.74) is 4.59. The van der Waals surface area contributed by atoms with Gasteiger partial charge in [0.15, 0.2) is 12.3 Å². The third-order valence-electron chi connectivity index (χ3n) is 12.2.